The highest BCUT2D eigenvalue weighted by Crippen LogP contribution is 2.25. The van der Waals surface area contributed by atoms with Gasteiger partial charge in [-0.2, -0.15) is 0 Å². The standard InChI is InChI=1S/C14H26O4.C12H20O4/c1(3-5-7-15-9-13-11-17-13)2-4-6-8-16-10-14-12-18-14;1-2-10(14-6-12-8-16-12)4-3-9(1)13-5-11-7-15-11/h13-14H,1-12H2;9-12H,1-8H2. The molecule has 0 aromatic rings. The lowest BCUT2D eigenvalue weighted by Gasteiger charge is -2.28. The number of rotatable bonds is 19. The third kappa shape index (κ3) is 13.7. The Bertz CT molecular complexity index is 465. The van der Waals surface area contributed by atoms with Crippen LogP contribution in [0.2, 0.25) is 0 Å². The molecule has 0 aromatic heterocycles. The molecular weight excluding hydrogens is 440 g/mol. The van der Waals surface area contributed by atoms with E-state index >= 15 is 0 Å². The summed E-state index contributed by atoms with van der Waals surface area (Å²) in [7, 11) is 0. The number of unbranched alkanes of at least 4 members (excludes halogenated alkanes) is 5. The molecule has 5 rings (SSSR count). The Morgan fingerprint density at radius 1 is 0.441 bits per heavy atom. The third-order valence-corrected chi connectivity index (χ3v) is 6.70. The Labute approximate surface area is 205 Å². The normalized spacial score (nSPS) is 33.2. The molecule has 4 unspecified atom stereocenters. The van der Waals surface area contributed by atoms with Gasteiger partial charge in [0.15, 0.2) is 0 Å². The molecule has 8 nitrogen and oxygen atoms in total. The van der Waals surface area contributed by atoms with Crippen molar-refractivity contribution in [2.24, 2.45) is 0 Å². The van der Waals surface area contributed by atoms with Crippen molar-refractivity contribution in [2.45, 2.75) is 101 Å². The van der Waals surface area contributed by atoms with Crippen LogP contribution in [0.3, 0.4) is 0 Å². The first-order valence-electron chi connectivity index (χ1n) is 13.7. The van der Waals surface area contributed by atoms with Crippen LogP contribution in [0.5, 0.6) is 0 Å². The number of ether oxygens (including phenoxy) is 8. The van der Waals surface area contributed by atoms with Crippen molar-refractivity contribution >= 4 is 0 Å². The highest BCUT2D eigenvalue weighted by molar-refractivity contribution is 4.77. The Kier molecular flexibility index (Phi) is 12.4. The maximum absolute atomic E-state index is 5.79. The van der Waals surface area contributed by atoms with Crippen LogP contribution in [-0.2, 0) is 37.9 Å². The first kappa shape index (κ1) is 26.7. The molecule has 4 saturated heterocycles. The predicted octanol–water partition coefficient (Wildman–Crippen LogP) is 3.29. The van der Waals surface area contributed by atoms with Gasteiger partial charge in [-0.3, -0.25) is 0 Å². The summed E-state index contributed by atoms with van der Waals surface area (Å²) in [6.45, 7) is 8.51. The second kappa shape index (κ2) is 15.7. The predicted molar refractivity (Wildman–Crippen MR) is 126 cm³/mol. The highest BCUT2D eigenvalue weighted by atomic mass is 16.6. The van der Waals surface area contributed by atoms with Gasteiger partial charge in [-0.05, 0) is 38.5 Å². The van der Waals surface area contributed by atoms with Gasteiger partial charge in [0.1, 0.15) is 24.4 Å². The molecule has 0 aromatic carbocycles. The number of hydrogen-bond donors (Lipinski definition) is 0. The van der Waals surface area contributed by atoms with Crippen molar-refractivity contribution in [3.63, 3.8) is 0 Å². The van der Waals surface area contributed by atoms with E-state index in [4.69, 9.17) is 37.9 Å². The van der Waals surface area contributed by atoms with Gasteiger partial charge in [0.05, 0.1) is 65.1 Å². The number of hydrogen-bond acceptors (Lipinski definition) is 8. The fourth-order valence-electron chi connectivity index (χ4n) is 4.05. The molecule has 5 aliphatic rings. The summed E-state index contributed by atoms with van der Waals surface area (Å²) >= 11 is 0. The van der Waals surface area contributed by atoms with Crippen molar-refractivity contribution in [1.29, 1.82) is 0 Å². The lowest BCUT2D eigenvalue weighted by atomic mass is 9.95. The van der Waals surface area contributed by atoms with Crippen LogP contribution in [0.15, 0.2) is 0 Å². The SMILES string of the molecule is C(CCCCOCC1CO1)CCCOCC1CO1.C1CC(OCC2CO2)CCC1OCC1CO1. The summed E-state index contributed by atoms with van der Waals surface area (Å²) in [5, 5.41) is 0. The smallest absolute Gasteiger partial charge is 0.104 e. The molecule has 8 heteroatoms. The molecule has 0 radical (unpaired) electrons. The van der Waals surface area contributed by atoms with E-state index in [2.05, 4.69) is 0 Å². The third-order valence-electron chi connectivity index (χ3n) is 6.70. The van der Waals surface area contributed by atoms with Gasteiger partial charge in [-0.15, -0.1) is 0 Å². The average molecular weight is 487 g/mol. The molecular formula is C26H46O8. The average Bonchev–Trinajstić information content (AvgIpc) is 3.70. The van der Waals surface area contributed by atoms with Gasteiger partial charge in [0, 0.05) is 13.2 Å². The largest absolute Gasteiger partial charge is 0.379 e. The summed E-state index contributed by atoms with van der Waals surface area (Å²) in [4.78, 5) is 0. The minimum Gasteiger partial charge on any atom is -0.379 e. The second-order valence-electron chi connectivity index (χ2n) is 10.2. The molecule has 1 aliphatic carbocycles. The molecule has 4 heterocycles. The summed E-state index contributed by atoms with van der Waals surface area (Å²) in [5.74, 6) is 0. The van der Waals surface area contributed by atoms with Crippen LogP contribution in [0.1, 0.15) is 64.2 Å². The topological polar surface area (TPSA) is 87.0 Å². The summed E-state index contributed by atoms with van der Waals surface area (Å²) in [5.41, 5.74) is 0. The lowest BCUT2D eigenvalue weighted by molar-refractivity contribution is -0.0370. The van der Waals surface area contributed by atoms with E-state index in [9.17, 15) is 0 Å². The lowest BCUT2D eigenvalue weighted by Crippen LogP contribution is -2.28. The maximum atomic E-state index is 5.79. The van der Waals surface area contributed by atoms with Crippen LogP contribution in [0.25, 0.3) is 0 Å². The zero-order chi connectivity index (χ0) is 23.3. The van der Waals surface area contributed by atoms with Gasteiger partial charge in [0.2, 0.25) is 0 Å². The van der Waals surface area contributed by atoms with E-state index in [1.165, 1.54) is 38.5 Å². The van der Waals surface area contributed by atoms with E-state index in [1.807, 2.05) is 0 Å². The molecule has 5 fully saturated rings. The maximum Gasteiger partial charge on any atom is 0.104 e. The molecule has 4 atom stereocenters. The fourth-order valence-corrected chi connectivity index (χ4v) is 4.05. The molecule has 0 N–H and O–H groups in total. The van der Waals surface area contributed by atoms with Crippen LogP contribution in [0.4, 0.5) is 0 Å². The Balaban J connectivity index is 0.000000162. The zero-order valence-electron chi connectivity index (χ0n) is 20.9. The number of epoxide rings is 4. The van der Waals surface area contributed by atoms with E-state index in [0.717, 1.165) is 91.8 Å². The molecule has 1 saturated carbocycles. The molecule has 198 valence electrons. The highest BCUT2D eigenvalue weighted by Gasteiger charge is 2.29. The summed E-state index contributed by atoms with van der Waals surface area (Å²) < 4.78 is 43.0. The van der Waals surface area contributed by atoms with Crippen molar-refractivity contribution < 1.29 is 37.9 Å². The van der Waals surface area contributed by atoms with E-state index in [0.29, 0.717) is 36.6 Å². The van der Waals surface area contributed by atoms with E-state index < -0.39 is 0 Å². The van der Waals surface area contributed by atoms with Gasteiger partial charge in [-0.1, -0.05) is 25.7 Å². The fraction of sp³-hybridized carbons (Fsp3) is 1.00. The van der Waals surface area contributed by atoms with Gasteiger partial charge in [0.25, 0.3) is 0 Å². The van der Waals surface area contributed by atoms with Crippen molar-refractivity contribution in [3.8, 4) is 0 Å². The van der Waals surface area contributed by atoms with E-state index in [-0.39, 0.29) is 0 Å². The molecule has 34 heavy (non-hydrogen) atoms. The van der Waals surface area contributed by atoms with Crippen molar-refractivity contribution in [1.82, 2.24) is 0 Å². The second-order valence-corrected chi connectivity index (χ2v) is 10.2. The van der Waals surface area contributed by atoms with Crippen LogP contribution >= 0.6 is 0 Å². The minimum atomic E-state index is 0.390. The van der Waals surface area contributed by atoms with Crippen LogP contribution < -0.4 is 0 Å². The summed E-state index contributed by atoms with van der Waals surface area (Å²) in [6.07, 6.45) is 14.5. The van der Waals surface area contributed by atoms with E-state index in [1.54, 1.807) is 0 Å². The van der Waals surface area contributed by atoms with Gasteiger partial charge >= 0.3 is 0 Å². The first-order chi connectivity index (χ1) is 16.8. The van der Waals surface area contributed by atoms with Gasteiger partial charge < -0.3 is 37.9 Å². The van der Waals surface area contributed by atoms with Gasteiger partial charge in [-0.25, -0.2) is 0 Å². The van der Waals surface area contributed by atoms with Crippen LogP contribution in [-0.4, -0.2) is 103 Å². The Morgan fingerprint density at radius 2 is 0.765 bits per heavy atom. The Hall–Kier alpha value is -0.320. The van der Waals surface area contributed by atoms with Crippen LogP contribution in [0, 0.1) is 0 Å². The molecule has 0 bridgehead atoms. The quantitative estimate of drug-likeness (QED) is 0.203. The molecule has 0 spiro atoms. The monoisotopic (exact) mass is 486 g/mol. The molecule has 0 amide bonds. The molecule has 4 aliphatic heterocycles. The summed E-state index contributed by atoms with van der Waals surface area (Å²) in [6, 6.07) is 0. The zero-order valence-corrected chi connectivity index (χ0v) is 20.9. The minimum absolute atomic E-state index is 0.390. The van der Waals surface area contributed by atoms with Crippen molar-refractivity contribution in [3.05, 3.63) is 0 Å². The Morgan fingerprint density at radius 3 is 1.12 bits per heavy atom. The first-order valence-corrected chi connectivity index (χ1v) is 13.7. The van der Waals surface area contributed by atoms with Crippen molar-refractivity contribution in [2.75, 3.05) is 66.1 Å².